The van der Waals surface area contributed by atoms with Crippen molar-refractivity contribution in [3.05, 3.63) is 87.2 Å². The van der Waals surface area contributed by atoms with E-state index in [1.54, 1.807) is 36.4 Å². The number of amides is 2. The first-order valence-corrected chi connectivity index (χ1v) is 9.09. The van der Waals surface area contributed by atoms with Crippen LogP contribution >= 0.6 is 0 Å². The van der Waals surface area contributed by atoms with E-state index >= 15 is 0 Å². The van der Waals surface area contributed by atoms with Crippen LogP contribution in [0, 0.1) is 0 Å². The van der Waals surface area contributed by atoms with E-state index in [0.29, 0.717) is 5.69 Å². The van der Waals surface area contributed by atoms with Crippen LogP contribution in [0.1, 0.15) is 10.5 Å². The van der Waals surface area contributed by atoms with Gasteiger partial charge in [-0.1, -0.05) is 30.3 Å². The molecule has 0 radical (unpaired) electrons. The fourth-order valence-electron chi connectivity index (χ4n) is 2.97. The maximum absolute atomic E-state index is 12.4. The van der Waals surface area contributed by atoms with Gasteiger partial charge in [0.05, 0.1) is 22.7 Å². The number of aromatic amines is 1. The third-order valence-corrected chi connectivity index (χ3v) is 4.43. The molecule has 2 amide bonds. The zero-order valence-corrected chi connectivity index (χ0v) is 15.9. The molecule has 31 heavy (non-hydrogen) atoms. The van der Waals surface area contributed by atoms with Crippen molar-refractivity contribution in [2.45, 2.75) is 6.54 Å². The van der Waals surface area contributed by atoms with E-state index in [4.69, 9.17) is 0 Å². The van der Waals surface area contributed by atoms with Crippen LogP contribution in [0.5, 0.6) is 5.75 Å². The van der Waals surface area contributed by atoms with Crippen molar-refractivity contribution >= 4 is 22.6 Å². The molecule has 2 aromatic carbocycles. The van der Waals surface area contributed by atoms with Crippen molar-refractivity contribution < 1.29 is 14.7 Å². The summed E-state index contributed by atoms with van der Waals surface area (Å²) in [5.74, 6) is -2.02. The average molecular weight is 420 g/mol. The molecule has 0 aliphatic rings. The first-order valence-electron chi connectivity index (χ1n) is 9.09. The Balaban J connectivity index is 1.45. The number of nitrogens with zero attached hydrogens (tertiary/aromatic N) is 3. The monoisotopic (exact) mass is 420 g/mol. The SMILES string of the molecule is O=C(Cn1[nH]c(=O)c2ccccc2c1=O)NNC(=O)c1nn(-c2ccccc2)cc1O. The Kier molecular flexibility index (Phi) is 5.06. The minimum atomic E-state index is -0.861. The van der Waals surface area contributed by atoms with E-state index in [9.17, 15) is 24.3 Å². The lowest BCUT2D eigenvalue weighted by Gasteiger charge is -2.09. The van der Waals surface area contributed by atoms with E-state index in [-0.39, 0.29) is 22.2 Å². The molecule has 0 unspecified atom stereocenters. The van der Waals surface area contributed by atoms with Gasteiger partial charge in [0.25, 0.3) is 22.9 Å². The number of nitrogens with one attached hydrogen (secondary N) is 3. The number of aromatic hydroxyl groups is 1. The Morgan fingerprint density at radius 2 is 1.65 bits per heavy atom. The summed E-state index contributed by atoms with van der Waals surface area (Å²) in [5, 5.41) is 16.7. The first-order chi connectivity index (χ1) is 14.9. The van der Waals surface area contributed by atoms with Crippen LogP contribution in [0.25, 0.3) is 16.5 Å². The Morgan fingerprint density at radius 1 is 0.968 bits per heavy atom. The zero-order chi connectivity index (χ0) is 22.0. The molecule has 0 atom stereocenters. The molecule has 0 bridgehead atoms. The van der Waals surface area contributed by atoms with E-state index in [2.05, 4.69) is 21.0 Å². The third-order valence-electron chi connectivity index (χ3n) is 4.43. The highest BCUT2D eigenvalue weighted by Gasteiger charge is 2.18. The molecule has 11 nitrogen and oxygen atoms in total. The van der Waals surface area contributed by atoms with Gasteiger partial charge in [0, 0.05) is 0 Å². The second kappa shape index (κ2) is 7.99. The molecule has 0 spiro atoms. The van der Waals surface area contributed by atoms with E-state index in [1.807, 2.05) is 6.07 Å². The molecule has 0 aliphatic heterocycles. The minimum absolute atomic E-state index is 0.166. The number of carbonyl (C=O) groups excluding carboxylic acids is 2. The van der Waals surface area contributed by atoms with E-state index in [0.717, 1.165) is 4.68 Å². The molecule has 11 heteroatoms. The molecule has 4 aromatic rings. The average Bonchev–Trinajstić information content (AvgIpc) is 3.18. The van der Waals surface area contributed by atoms with Gasteiger partial charge in [0.1, 0.15) is 6.54 Å². The predicted molar refractivity (Wildman–Crippen MR) is 110 cm³/mol. The molecule has 0 saturated carbocycles. The van der Waals surface area contributed by atoms with Gasteiger partial charge in [-0.3, -0.25) is 35.1 Å². The number of hydrogen-bond donors (Lipinski definition) is 4. The summed E-state index contributed by atoms with van der Waals surface area (Å²) in [6.07, 6.45) is 1.26. The fraction of sp³-hybridized carbons (Fsp3) is 0.0500. The summed E-state index contributed by atoms with van der Waals surface area (Å²) >= 11 is 0. The van der Waals surface area contributed by atoms with Crippen molar-refractivity contribution in [3.63, 3.8) is 0 Å². The Morgan fingerprint density at radius 3 is 2.39 bits per heavy atom. The van der Waals surface area contributed by atoms with Crippen molar-refractivity contribution in [3.8, 4) is 11.4 Å². The summed E-state index contributed by atoms with van der Waals surface area (Å²) < 4.78 is 2.15. The smallest absolute Gasteiger partial charge is 0.294 e. The predicted octanol–water partition coefficient (Wildman–Crippen LogP) is 0.0423. The van der Waals surface area contributed by atoms with E-state index in [1.165, 1.54) is 23.0 Å². The van der Waals surface area contributed by atoms with Crippen molar-refractivity contribution in [2.75, 3.05) is 0 Å². The second-order valence-corrected chi connectivity index (χ2v) is 6.52. The molecule has 4 N–H and O–H groups in total. The topological polar surface area (TPSA) is 151 Å². The molecule has 0 aliphatic carbocycles. The maximum atomic E-state index is 12.4. The van der Waals surface area contributed by atoms with Crippen LogP contribution in [-0.4, -0.2) is 36.5 Å². The minimum Gasteiger partial charge on any atom is -0.504 e. The zero-order valence-electron chi connectivity index (χ0n) is 15.9. The molecule has 2 heterocycles. The van der Waals surface area contributed by atoms with Crippen LogP contribution < -0.4 is 22.0 Å². The van der Waals surface area contributed by atoms with Gasteiger partial charge in [0.15, 0.2) is 11.4 Å². The normalized spacial score (nSPS) is 10.7. The van der Waals surface area contributed by atoms with Crippen molar-refractivity contribution in [1.29, 1.82) is 0 Å². The lowest BCUT2D eigenvalue weighted by atomic mass is 10.2. The lowest BCUT2D eigenvalue weighted by molar-refractivity contribution is -0.122. The second-order valence-electron chi connectivity index (χ2n) is 6.52. The number of rotatable bonds is 4. The highest BCUT2D eigenvalue weighted by molar-refractivity contribution is 5.95. The number of H-pyrrole nitrogens is 1. The van der Waals surface area contributed by atoms with Crippen LogP contribution in [0.4, 0.5) is 0 Å². The fourth-order valence-corrected chi connectivity index (χ4v) is 2.97. The summed E-state index contributed by atoms with van der Waals surface area (Å²) in [5.41, 5.74) is 3.47. The first kappa shape index (κ1) is 19.6. The molecule has 2 aromatic heterocycles. The number of aromatic nitrogens is 4. The van der Waals surface area contributed by atoms with Gasteiger partial charge in [-0.15, -0.1) is 0 Å². The van der Waals surface area contributed by atoms with Gasteiger partial charge in [0.2, 0.25) is 0 Å². The molecule has 0 saturated heterocycles. The summed E-state index contributed by atoms with van der Waals surface area (Å²) in [7, 11) is 0. The summed E-state index contributed by atoms with van der Waals surface area (Å²) in [6.45, 7) is -0.538. The standard InChI is InChI=1S/C20H16N6O5/c27-15-10-25(12-6-2-1-3-7-12)23-17(15)19(30)22-21-16(28)11-26-20(31)14-9-5-4-8-13(14)18(29)24-26/h1-10,27H,11H2,(H,21,28)(H,22,30)(H,24,29). The molecule has 0 fully saturated rings. The van der Waals surface area contributed by atoms with Crippen LogP contribution in [0.2, 0.25) is 0 Å². The van der Waals surface area contributed by atoms with Gasteiger partial charge in [-0.2, -0.15) is 5.10 Å². The Bertz CT molecular complexity index is 1400. The van der Waals surface area contributed by atoms with Crippen LogP contribution in [0.3, 0.4) is 0 Å². The van der Waals surface area contributed by atoms with Gasteiger partial charge < -0.3 is 5.11 Å². The highest BCUT2D eigenvalue weighted by atomic mass is 16.3. The number of hydrogen-bond acceptors (Lipinski definition) is 6. The number of hydrazine groups is 1. The highest BCUT2D eigenvalue weighted by Crippen LogP contribution is 2.17. The van der Waals surface area contributed by atoms with Gasteiger partial charge >= 0.3 is 0 Å². The summed E-state index contributed by atoms with van der Waals surface area (Å²) in [4.78, 5) is 49.0. The Hall–Kier alpha value is -4.67. The largest absolute Gasteiger partial charge is 0.504 e. The quantitative estimate of drug-likeness (QED) is 0.342. The van der Waals surface area contributed by atoms with E-state index < -0.39 is 29.5 Å². The lowest BCUT2D eigenvalue weighted by Crippen LogP contribution is -2.45. The number of para-hydroxylation sites is 1. The Labute approximate surface area is 173 Å². The number of carbonyl (C=O) groups is 2. The molecular weight excluding hydrogens is 404 g/mol. The molecule has 4 rings (SSSR count). The van der Waals surface area contributed by atoms with Gasteiger partial charge in [-0.25, -0.2) is 9.36 Å². The van der Waals surface area contributed by atoms with Crippen molar-refractivity contribution in [1.82, 2.24) is 30.4 Å². The van der Waals surface area contributed by atoms with Crippen LogP contribution in [-0.2, 0) is 11.3 Å². The van der Waals surface area contributed by atoms with Crippen molar-refractivity contribution in [2.24, 2.45) is 0 Å². The number of fused-ring (bicyclic) bond motifs is 1. The summed E-state index contributed by atoms with van der Waals surface area (Å²) in [6, 6.07) is 15.0. The molecular formula is C20H16N6O5. The van der Waals surface area contributed by atoms with Crippen LogP contribution in [0.15, 0.2) is 70.4 Å². The maximum Gasteiger partial charge on any atom is 0.294 e. The molecule has 156 valence electrons. The number of benzene rings is 2. The van der Waals surface area contributed by atoms with Gasteiger partial charge in [-0.05, 0) is 24.3 Å². The third kappa shape index (κ3) is 3.92.